The largest absolute Gasteiger partial charge is 0.481 e. The van der Waals surface area contributed by atoms with Gasteiger partial charge in [-0.2, -0.15) is 0 Å². The number of nitrogens with zero attached hydrogens (tertiary/aromatic N) is 1. The normalized spacial score (nSPS) is 12.0. The van der Waals surface area contributed by atoms with E-state index in [0.717, 1.165) is 12.1 Å². The molecule has 2 rings (SSSR count). The number of rotatable bonds is 4. The summed E-state index contributed by atoms with van der Waals surface area (Å²) in [6, 6.07) is 4.65. The van der Waals surface area contributed by atoms with Crippen LogP contribution >= 0.6 is 15.9 Å². The Morgan fingerprint density at radius 3 is 2.65 bits per heavy atom. The summed E-state index contributed by atoms with van der Waals surface area (Å²) in [6.07, 6.45) is 2.20. The molecule has 0 aliphatic heterocycles. The molecule has 0 spiro atoms. The third kappa shape index (κ3) is 3.39. The van der Waals surface area contributed by atoms with Gasteiger partial charge < -0.3 is 4.74 Å². The van der Waals surface area contributed by atoms with Gasteiger partial charge in [0, 0.05) is 16.2 Å². The van der Waals surface area contributed by atoms with Gasteiger partial charge in [0.2, 0.25) is 5.78 Å². The highest BCUT2D eigenvalue weighted by Gasteiger charge is 2.18. The minimum atomic E-state index is -1.06. The standard InChI is InChI=1S/C14H10BrF2NO2/c1-8(20-11-5-10(15)6-18-7-11)14(19)9-2-3-12(16)13(17)4-9/h2-8H,1H3. The Kier molecular flexibility index (Phi) is 4.44. The van der Waals surface area contributed by atoms with Gasteiger partial charge in [0.15, 0.2) is 17.7 Å². The number of carbonyl (C=O) groups excluding carboxylic acids is 1. The third-order valence-electron chi connectivity index (χ3n) is 2.57. The second-order valence-corrected chi connectivity index (χ2v) is 5.01. The van der Waals surface area contributed by atoms with Crippen LogP contribution in [0.4, 0.5) is 8.78 Å². The van der Waals surface area contributed by atoms with E-state index in [-0.39, 0.29) is 5.56 Å². The summed E-state index contributed by atoms with van der Waals surface area (Å²) in [7, 11) is 0. The van der Waals surface area contributed by atoms with Crippen molar-refractivity contribution >= 4 is 21.7 Å². The van der Waals surface area contributed by atoms with Gasteiger partial charge >= 0.3 is 0 Å². The lowest BCUT2D eigenvalue weighted by atomic mass is 10.1. The molecule has 104 valence electrons. The summed E-state index contributed by atoms with van der Waals surface area (Å²) < 4.78 is 32.1. The summed E-state index contributed by atoms with van der Waals surface area (Å²) in [4.78, 5) is 16.0. The fourth-order valence-electron chi connectivity index (χ4n) is 1.60. The maximum atomic E-state index is 13.1. The zero-order valence-corrected chi connectivity index (χ0v) is 12.0. The van der Waals surface area contributed by atoms with Crippen LogP contribution in [0.5, 0.6) is 5.75 Å². The molecule has 2 aromatic rings. The molecule has 6 heteroatoms. The predicted molar refractivity (Wildman–Crippen MR) is 72.7 cm³/mol. The number of aromatic nitrogens is 1. The van der Waals surface area contributed by atoms with E-state index < -0.39 is 23.5 Å². The van der Waals surface area contributed by atoms with Crippen LogP contribution in [-0.4, -0.2) is 16.9 Å². The molecule has 0 aliphatic rings. The number of halogens is 3. The first kappa shape index (κ1) is 14.6. The lowest BCUT2D eigenvalue weighted by molar-refractivity contribution is 0.0817. The van der Waals surface area contributed by atoms with E-state index in [2.05, 4.69) is 20.9 Å². The van der Waals surface area contributed by atoms with E-state index in [9.17, 15) is 13.6 Å². The first-order chi connectivity index (χ1) is 9.47. The van der Waals surface area contributed by atoms with Gasteiger partial charge in [-0.3, -0.25) is 9.78 Å². The summed E-state index contributed by atoms with van der Waals surface area (Å²) in [6.45, 7) is 1.53. The Morgan fingerprint density at radius 2 is 2.00 bits per heavy atom. The van der Waals surface area contributed by atoms with Gasteiger partial charge in [0.1, 0.15) is 5.75 Å². The number of ketones is 1. The lowest BCUT2D eigenvalue weighted by Crippen LogP contribution is -2.24. The minimum absolute atomic E-state index is 0.0550. The Morgan fingerprint density at radius 1 is 1.25 bits per heavy atom. The smallest absolute Gasteiger partial charge is 0.203 e. The number of carbonyl (C=O) groups is 1. The summed E-state index contributed by atoms with van der Waals surface area (Å²) in [5.41, 5.74) is 0.0550. The van der Waals surface area contributed by atoms with Gasteiger partial charge in [0.05, 0.1) is 6.20 Å². The number of pyridine rings is 1. The van der Waals surface area contributed by atoms with E-state index in [4.69, 9.17) is 4.74 Å². The number of benzene rings is 1. The third-order valence-corrected chi connectivity index (χ3v) is 3.00. The van der Waals surface area contributed by atoms with E-state index in [0.29, 0.717) is 10.2 Å². The maximum Gasteiger partial charge on any atom is 0.203 e. The summed E-state index contributed by atoms with van der Waals surface area (Å²) >= 11 is 3.23. The van der Waals surface area contributed by atoms with Crippen molar-refractivity contribution < 1.29 is 18.3 Å². The number of hydrogen-bond donors (Lipinski definition) is 0. The van der Waals surface area contributed by atoms with Crippen molar-refractivity contribution in [2.75, 3.05) is 0 Å². The molecule has 0 saturated heterocycles. The fourth-order valence-corrected chi connectivity index (χ4v) is 1.94. The molecule has 0 fully saturated rings. The SMILES string of the molecule is CC(Oc1cncc(Br)c1)C(=O)c1ccc(F)c(F)c1. The first-order valence-corrected chi connectivity index (χ1v) is 6.53. The lowest BCUT2D eigenvalue weighted by Gasteiger charge is -2.13. The van der Waals surface area contributed by atoms with Crippen LogP contribution in [-0.2, 0) is 0 Å². The van der Waals surface area contributed by atoms with Gasteiger partial charge in [-0.25, -0.2) is 8.78 Å². The van der Waals surface area contributed by atoms with Gasteiger partial charge in [0.25, 0.3) is 0 Å². The van der Waals surface area contributed by atoms with Crippen LogP contribution in [0.25, 0.3) is 0 Å². The molecule has 1 aromatic carbocycles. The second-order valence-electron chi connectivity index (χ2n) is 4.09. The average molecular weight is 342 g/mol. The van der Waals surface area contributed by atoms with Crippen molar-refractivity contribution in [3.63, 3.8) is 0 Å². The fraction of sp³-hybridized carbons (Fsp3) is 0.143. The van der Waals surface area contributed by atoms with Crippen LogP contribution in [0.15, 0.2) is 41.1 Å². The monoisotopic (exact) mass is 341 g/mol. The highest BCUT2D eigenvalue weighted by atomic mass is 79.9. The topological polar surface area (TPSA) is 39.2 Å². The number of hydrogen-bond acceptors (Lipinski definition) is 3. The second kappa shape index (κ2) is 6.09. The van der Waals surface area contributed by atoms with E-state index in [1.54, 1.807) is 12.3 Å². The summed E-state index contributed by atoms with van der Waals surface area (Å²) in [5, 5.41) is 0. The van der Waals surface area contributed by atoms with Crippen molar-refractivity contribution in [1.29, 1.82) is 0 Å². The number of Topliss-reactive ketones (excluding diaryl/α,β-unsaturated/α-hetero) is 1. The van der Waals surface area contributed by atoms with Crippen LogP contribution in [0.1, 0.15) is 17.3 Å². The average Bonchev–Trinajstić information content (AvgIpc) is 2.41. The molecule has 1 heterocycles. The molecule has 1 aromatic heterocycles. The van der Waals surface area contributed by atoms with Gasteiger partial charge in [-0.05, 0) is 47.1 Å². The van der Waals surface area contributed by atoms with E-state index >= 15 is 0 Å². The Balaban J connectivity index is 2.14. The highest BCUT2D eigenvalue weighted by molar-refractivity contribution is 9.10. The molecule has 0 bridgehead atoms. The maximum absolute atomic E-state index is 13.1. The molecule has 0 amide bonds. The Bertz CT molecular complexity index is 649. The van der Waals surface area contributed by atoms with Crippen molar-refractivity contribution in [2.24, 2.45) is 0 Å². The number of ether oxygens (including phenoxy) is 1. The van der Waals surface area contributed by atoms with Gasteiger partial charge in [-0.15, -0.1) is 0 Å². The molecule has 20 heavy (non-hydrogen) atoms. The first-order valence-electron chi connectivity index (χ1n) is 5.74. The van der Waals surface area contributed by atoms with Crippen molar-refractivity contribution in [3.8, 4) is 5.75 Å². The molecule has 0 N–H and O–H groups in total. The summed E-state index contributed by atoms with van der Waals surface area (Å²) in [5.74, 6) is -2.09. The minimum Gasteiger partial charge on any atom is -0.481 e. The van der Waals surface area contributed by atoms with Gasteiger partial charge in [-0.1, -0.05) is 0 Å². The highest BCUT2D eigenvalue weighted by Crippen LogP contribution is 2.19. The molecule has 0 radical (unpaired) electrons. The van der Waals surface area contributed by atoms with Crippen LogP contribution in [0.3, 0.4) is 0 Å². The molecule has 3 nitrogen and oxygen atoms in total. The molecule has 1 atom stereocenters. The molecule has 1 unspecified atom stereocenters. The predicted octanol–water partition coefficient (Wildman–Crippen LogP) is 3.77. The zero-order valence-electron chi connectivity index (χ0n) is 10.4. The molecular weight excluding hydrogens is 332 g/mol. The van der Waals surface area contributed by atoms with Crippen LogP contribution in [0.2, 0.25) is 0 Å². The quantitative estimate of drug-likeness (QED) is 0.794. The molecular formula is C14H10BrF2NO2. The van der Waals surface area contributed by atoms with Crippen molar-refractivity contribution in [2.45, 2.75) is 13.0 Å². The molecule has 0 saturated carbocycles. The Hall–Kier alpha value is -1.82. The Labute approximate surface area is 122 Å². The van der Waals surface area contributed by atoms with Crippen molar-refractivity contribution in [1.82, 2.24) is 4.98 Å². The molecule has 0 aliphatic carbocycles. The van der Waals surface area contributed by atoms with Crippen LogP contribution in [0, 0.1) is 11.6 Å². The zero-order chi connectivity index (χ0) is 14.7. The van der Waals surface area contributed by atoms with Crippen molar-refractivity contribution in [3.05, 3.63) is 58.3 Å². The van der Waals surface area contributed by atoms with Crippen LogP contribution < -0.4 is 4.74 Å². The van der Waals surface area contributed by atoms with E-state index in [1.165, 1.54) is 19.2 Å². The van der Waals surface area contributed by atoms with E-state index in [1.807, 2.05) is 0 Å².